The molecule has 0 unspecified atom stereocenters. The van der Waals surface area contributed by atoms with Gasteiger partial charge in [0.15, 0.2) is 0 Å². The van der Waals surface area contributed by atoms with Crippen LogP contribution in [0.1, 0.15) is 24.0 Å². The van der Waals surface area contributed by atoms with Gasteiger partial charge in [-0.25, -0.2) is 0 Å². The summed E-state index contributed by atoms with van der Waals surface area (Å²) in [7, 11) is 0. The Morgan fingerprint density at radius 2 is 1.79 bits per heavy atom. The van der Waals surface area contributed by atoms with Crippen LogP contribution >= 0.6 is 15.9 Å². The molecule has 0 aromatic heterocycles. The molecule has 2 heteroatoms. The van der Waals surface area contributed by atoms with Gasteiger partial charge in [-0.2, -0.15) is 0 Å². The van der Waals surface area contributed by atoms with Crippen LogP contribution in [0.15, 0.2) is 18.2 Å². The highest BCUT2D eigenvalue weighted by Crippen LogP contribution is 2.22. The average Bonchev–Trinajstić information content (AvgIpc) is 2.16. The number of aryl methyl sites for hydroxylation is 2. The van der Waals surface area contributed by atoms with E-state index in [2.05, 4.69) is 48.0 Å². The fourth-order valence-corrected chi connectivity index (χ4v) is 1.79. The number of halogens is 1. The Labute approximate surface area is 94.6 Å². The largest absolute Gasteiger partial charge is 0.493 e. The monoisotopic (exact) mass is 256 g/mol. The molecule has 0 aliphatic rings. The molecule has 0 radical (unpaired) electrons. The first-order chi connectivity index (χ1) is 6.75. The lowest BCUT2D eigenvalue weighted by Gasteiger charge is -2.11. The summed E-state index contributed by atoms with van der Waals surface area (Å²) in [5, 5.41) is 1.06. The Balaban J connectivity index is 2.49. The Bertz CT molecular complexity index is 263. The molecule has 1 nitrogen and oxygen atoms in total. The van der Waals surface area contributed by atoms with Crippen LogP contribution in [0.3, 0.4) is 0 Å². The van der Waals surface area contributed by atoms with Gasteiger partial charge in [-0.1, -0.05) is 34.1 Å². The lowest BCUT2D eigenvalue weighted by molar-refractivity contribution is 0.306. The first-order valence-corrected chi connectivity index (χ1v) is 6.13. The maximum atomic E-state index is 5.75. The second kappa shape index (κ2) is 6.07. The highest BCUT2D eigenvalue weighted by atomic mass is 79.9. The van der Waals surface area contributed by atoms with Crippen LogP contribution in [0.25, 0.3) is 0 Å². The summed E-state index contributed by atoms with van der Waals surface area (Å²) in [4.78, 5) is 0. The number of benzene rings is 1. The molecule has 0 amide bonds. The van der Waals surface area contributed by atoms with Crippen LogP contribution in [0, 0.1) is 13.8 Å². The van der Waals surface area contributed by atoms with E-state index in [1.807, 2.05) is 0 Å². The van der Waals surface area contributed by atoms with E-state index in [1.54, 1.807) is 0 Å². The minimum absolute atomic E-state index is 0.817. The lowest BCUT2D eigenvalue weighted by atomic mass is 10.1. The molecule has 0 saturated heterocycles. The van der Waals surface area contributed by atoms with Gasteiger partial charge in [0.05, 0.1) is 6.61 Å². The van der Waals surface area contributed by atoms with Crippen LogP contribution in [0.2, 0.25) is 0 Å². The normalized spacial score (nSPS) is 10.2. The number of hydrogen-bond acceptors (Lipinski definition) is 1. The van der Waals surface area contributed by atoms with Crippen molar-refractivity contribution in [3.8, 4) is 5.75 Å². The maximum absolute atomic E-state index is 5.75. The van der Waals surface area contributed by atoms with Gasteiger partial charge < -0.3 is 4.74 Å². The molecule has 0 bridgehead atoms. The number of rotatable bonds is 5. The average molecular weight is 257 g/mol. The van der Waals surface area contributed by atoms with E-state index in [4.69, 9.17) is 4.74 Å². The van der Waals surface area contributed by atoms with Crippen LogP contribution in [0.4, 0.5) is 0 Å². The Morgan fingerprint density at radius 3 is 2.36 bits per heavy atom. The van der Waals surface area contributed by atoms with Crippen molar-refractivity contribution in [1.82, 2.24) is 0 Å². The minimum Gasteiger partial charge on any atom is -0.493 e. The summed E-state index contributed by atoms with van der Waals surface area (Å²) in [6, 6.07) is 6.25. The van der Waals surface area contributed by atoms with Gasteiger partial charge in [-0.3, -0.25) is 0 Å². The summed E-state index contributed by atoms with van der Waals surface area (Å²) in [5.41, 5.74) is 2.45. The zero-order chi connectivity index (χ0) is 10.4. The van der Waals surface area contributed by atoms with Gasteiger partial charge in [0.25, 0.3) is 0 Å². The second-order valence-electron chi connectivity index (χ2n) is 3.47. The van der Waals surface area contributed by atoms with Crippen molar-refractivity contribution in [3.05, 3.63) is 29.3 Å². The fourth-order valence-electron chi connectivity index (χ4n) is 1.40. The maximum Gasteiger partial charge on any atom is 0.125 e. The van der Waals surface area contributed by atoms with Crippen molar-refractivity contribution in [2.75, 3.05) is 11.9 Å². The molecule has 0 heterocycles. The first-order valence-electron chi connectivity index (χ1n) is 5.00. The van der Waals surface area contributed by atoms with Gasteiger partial charge in [-0.05, 0) is 37.8 Å². The number of alkyl halides is 1. The minimum atomic E-state index is 0.817. The third kappa shape index (κ3) is 3.33. The fraction of sp³-hybridized carbons (Fsp3) is 0.500. The van der Waals surface area contributed by atoms with Crippen molar-refractivity contribution in [2.45, 2.75) is 26.7 Å². The summed E-state index contributed by atoms with van der Waals surface area (Å²) < 4.78 is 5.75. The van der Waals surface area contributed by atoms with Crippen molar-refractivity contribution < 1.29 is 4.74 Å². The zero-order valence-electron chi connectivity index (χ0n) is 8.85. The van der Waals surface area contributed by atoms with E-state index < -0.39 is 0 Å². The van der Waals surface area contributed by atoms with E-state index in [9.17, 15) is 0 Å². The Kier molecular flexibility index (Phi) is 5.02. The first kappa shape index (κ1) is 11.6. The van der Waals surface area contributed by atoms with Crippen LogP contribution < -0.4 is 4.74 Å². The molecule has 0 saturated carbocycles. The molecule has 0 aliphatic heterocycles. The van der Waals surface area contributed by atoms with Gasteiger partial charge in [-0.15, -0.1) is 0 Å². The van der Waals surface area contributed by atoms with Crippen molar-refractivity contribution in [3.63, 3.8) is 0 Å². The number of unbranched alkanes of at least 4 members (excludes halogenated alkanes) is 1. The van der Waals surface area contributed by atoms with E-state index in [0.717, 1.165) is 24.1 Å². The van der Waals surface area contributed by atoms with Crippen molar-refractivity contribution >= 4 is 15.9 Å². The van der Waals surface area contributed by atoms with Crippen LogP contribution in [-0.4, -0.2) is 11.9 Å². The summed E-state index contributed by atoms with van der Waals surface area (Å²) >= 11 is 3.41. The molecular weight excluding hydrogens is 240 g/mol. The number of hydrogen-bond donors (Lipinski definition) is 0. The number of para-hydroxylation sites is 1. The third-order valence-corrected chi connectivity index (χ3v) is 2.74. The number of ether oxygens (including phenoxy) is 1. The molecule has 0 aliphatic carbocycles. The SMILES string of the molecule is Cc1cccc(C)c1OCCCCBr. The lowest BCUT2D eigenvalue weighted by Crippen LogP contribution is -2.00. The van der Waals surface area contributed by atoms with Gasteiger partial charge in [0, 0.05) is 5.33 Å². The molecule has 0 atom stereocenters. The van der Waals surface area contributed by atoms with Crippen LogP contribution in [-0.2, 0) is 0 Å². The Hall–Kier alpha value is -0.500. The molecule has 1 rings (SSSR count). The van der Waals surface area contributed by atoms with Crippen molar-refractivity contribution in [1.29, 1.82) is 0 Å². The molecular formula is C12H17BrO. The quantitative estimate of drug-likeness (QED) is 0.575. The molecule has 0 spiro atoms. The smallest absolute Gasteiger partial charge is 0.125 e. The van der Waals surface area contributed by atoms with E-state index in [0.29, 0.717) is 0 Å². The van der Waals surface area contributed by atoms with Gasteiger partial charge in [0.2, 0.25) is 0 Å². The molecule has 14 heavy (non-hydrogen) atoms. The van der Waals surface area contributed by atoms with E-state index >= 15 is 0 Å². The second-order valence-corrected chi connectivity index (χ2v) is 4.26. The van der Waals surface area contributed by atoms with Gasteiger partial charge in [0.1, 0.15) is 5.75 Å². The predicted octanol–water partition coefficient (Wildman–Crippen LogP) is 3.86. The summed E-state index contributed by atoms with van der Waals surface area (Å²) in [6.45, 7) is 5.00. The Morgan fingerprint density at radius 1 is 1.14 bits per heavy atom. The predicted molar refractivity (Wildman–Crippen MR) is 64.4 cm³/mol. The van der Waals surface area contributed by atoms with Crippen LogP contribution in [0.5, 0.6) is 5.75 Å². The molecule has 1 aromatic rings. The standard InChI is InChI=1S/C12H17BrO/c1-10-6-5-7-11(2)12(10)14-9-4-3-8-13/h5-7H,3-4,8-9H2,1-2H3. The molecule has 0 fully saturated rings. The third-order valence-electron chi connectivity index (χ3n) is 2.18. The van der Waals surface area contributed by atoms with Crippen molar-refractivity contribution in [2.24, 2.45) is 0 Å². The molecule has 78 valence electrons. The topological polar surface area (TPSA) is 9.23 Å². The zero-order valence-corrected chi connectivity index (χ0v) is 10.4. The van der Waals surface area contributed by atoms with E-state index in [1.165, 1.54) is 17.5 Å². The molecule has 1 aromatic carbocycles. The van der Waals surface area contributed by atoms with Gasteiger partial charge >= 0.3 is 0 Å². The highest BCUT2D eigenvalue weighted by Gasteiger charge is 2.01. The highest BCUT2D eigenvalue weighted by molar-refractivity contribution is 9.09. The summed E-state index contributed by atoms with van der Waals surface area (Å²) in [6.07, 6.45) is 2.28. The molecule has 0 N–H and O–H groups in total. The van der Waals surface area contributed by atoms with E-state index in [-0.39, 0.29) is 0 Å². The summed E-state index contributed by atoms with van der Waals surface area (Å²) in [5.74, 6) is 1.06.